The van der Waals surface area contributed by atoms with Gasteiger partial charge in [0.15, 0.2) is 16.9 Å². The lowest BCUT2D eigenvalue weighted by atomic mass is 10.0. The number of nitrogens with zero attached hydrogens (tertiary/aromatic N) is 5. The van der Waals surface area contributed by atoms with Crippen LogP contribution in [0.3, 0.4) is 0 Å². The van der Waals surface area contributed by atoms with Crippen molar-refractivity contribution in [1.29, 1.82) is 0 Å². The van der Waals surface area contributed by atoms with Crippen LogP contribution in [0.15, 0.2) is 32.2 Å². The van der Waals surface area contributed by atoms with Gasteiger partial charge in [0.25, 0.3) is 5.89 Å². The van der Waals surface area contributed by atoms with Gasteiger partial charge in [0.1, 0.15) is 10.4 Å². The predicted octanol–water partition coefficient (Wildman–Crippen LogP) is 0.450. The van der Waals surface area contributed by atoms with Gasteiger partial charge in [0.05, 0.1) is 6.54 Å². The normalized spacial score (nSPS) is 22.0. The topological polar surface area (TPSA) is 135 Å². The van der Waals surface area contributed by atoms with E-state index in [2.05, 4.69) is 25.1 Å². The Balaban J connectivity index is 1.67. The lowest BCUT2D eigenvalue weighted by molar-refractivity contribution is 0.0194. The molecule has 0 bridgehead atoms. The largest absolute Gasteiger partial charge is 0.379 e. The number of aromatic nitrogens is 4. The fourth-order valence-electron chi connectivity index (χ4n) is 2.85. The number of benzene rings is 1. The van der Waals surface area contributed by atoms with Crippen molar-refractivity contribution >= 4 is 21.1 Å². The maximum absolute atomic E-state index is 13.0. The highest BCUT2D eigenvalue weighted by Crippen LogP contribution is 2.35. The van der Waals surface area contributed by atoms with E-state index in [0.717, 1.165) is 0 Å². The van der Waals surface area contributed by atoms with Crippen molar-refractivity contribution < 1.29 is 22.7 Å². The molecule has 3 aromatic rings. The minimum atomic E-state index is -3.89. The first-order chi connectivity index (χ1) is 11.9. The molecule has 1 saturated heterocycles. The average molecular weight is 365 g/mol. The molecule has 1 aliphatic heterocycles. The van der Waals surface area contributed by atoms with E-state index in [0.29, 0.717) is 17.8 Å². The Kier molecular flexibility index (Phi) is 3.60. The van der Waals surface area contributed by atoms with Crippen LogP contribution < -0.4 is 0 Å². The third-order valence-corrected chi connectivity index (χ3v) is 6.14. The molecule has 4 rings (SSSR count). The number of sulfonamides is 1. The highest BCUT2D eigenvalue weighted by molar-refractivity contribution is 7.89. The van der Waals surface area contributed by atoms with E-state index in [1.807, 2.05) is 6.92 Å². The zero-order valence-electron chi connectivity index (χ0n) is 13.3. The van der Waals surface area contributed by atoms with E-state index < -0.39 is 15.6 Å². The summed E-state index contributed by atoms with van der Waals surface area (Å²) in [6, 6.07) is 4.60. The molecule has 1 fully saturated rings. The zero-order chi connectivity index (χ0) is 17.7. The molecule has 3 heterocycles. The summed E-state index contributed by atoms with van der Waals surface area (Å²) in [6.07, 6.45) is 0.716. The molecule has 25 heavy (non-hydrogen) atoms. The monoisotopic (exact) mass is 365 g/mol. The van der Waals surface area contributed by atoms with Gasteiger partial charge in [-0.25, -0.2) is 13.0 Å². The summed E-state index contributed by atoms with van der Waals surface area (Å²) < 4.78 is 36.8. The van der Waals surface area contributed by atoms with Gasteiger partial charge in [0, 0.05) is 19.4 Å². The van der Waals surface area contributed by atoms with E-state index >= 15 is 0 Å². The van der Waals surface area contributed by atoms with Crippen molar-refractivity contribution in [2.75, 3.05) is 13.1 Å². The summed E-state index contributed by atoms with van der Waals surface area (Å²) in [6.45, 7) is 1.80. The Morgan fingerprint density at radius 1 is 1.32 bits per heavy atom. The number of aryl methyl sites for hydroxylation is 1. The van der Waals surface area contributed by atoms with Gasteiger partial charge in [-0.15, -0.1) is 0 Å². The lowest BCUT2D eigenvalue weighted by Crippen LogP contribution is -2.34. The van der Waals surface area contributed by atoms with Gasteiger partial charge in [-0.3, -0.25) is 0 Å². The standard InChI is InChI=1S/C14H15N5O5S/c1-2-11-15-13(23-17-11)14(20)6-7-19(8-14)25(21,22)10-5-3-4-9-12(10)18-24-16-9/h3-5,20H,2,6-8H2,1H3. The second-order valence-corrected chi connectivity index (χ2v) is 7.78. The van der Waals surface area contributed by atoms with E-state index in [1.165, 1.54) is 10.4 Å². The molecule has 1 unspecified atom stereocenters. The van der Waals surface area contributed by atoms with Crippen molar-refractivity contribution in [3.8, 4) is 0 Å². The molecule has 132 valence electrons. The smallest absolute Gasteiger partial charge is 0.260 e. The Labute approximate surface area is 142 Å². The Hall–Kier alpha value is -2.37. The first kappa shape index (κ1) is 16.1. The SMILES string of the molecule is CCc1noc(C2(O)CCN(S(=O)(=O)c3cccc4nonc34)C2)n1. The second-order valence-electron chi connectivity index (χ2n) is 5.88. The maximum atomic E-state index is 13.0. The third kappa shape index (κ3) is 2.51. The van der Waals surface area contributed by atoms with Crippen LogP contribution in [0, 0.1) is 0 Å². The first-order valence-corrected chi connectivity index (χ1v) is 9.15. The minimum absolute atomic E-state index is 0.0183. The van der Waals surface area contributed by atoms with Crippen molar-refractivity contribution in [2.45, 2.75) is 30.3 Å². The molecule has 1 aliphatic rings. The maximum Gasteiger partial charge on any atom is 0.260 e. The first-order valence-electron chi connectivity index (χ1n) is 7.71. The lowest BCUT2D eigenvalue weighted by Gasteiger charge is -2.19. The fraction of sp³-hybridized carbons (Fsp3) is 0.429. The average Bonchev–Trinajstić information content (AvgIpc) is 3.33. The molecule has 1 N–H and O–H groups in total. The second kappa shape index (κ2) is 5.58. The van der Waals surface area contributed by atoms with Crippen LogP contribution in [0.1, 0.15) is 25.1 Å². The molecule has 0 radical (unpaired) electrons. The summed E-state index contributed by atoms with van der Waals surface area (Å²) in [4.78, 5) is 4.11. The number of fused-ring (bicyclic) bond motifs is 1. The summed E-state index contributed by atoms with van der Waals surface area (Å²) in [5, 5.41) is 21.9. The van der Waals surface area contributed by atoms with Gasteiger partial charge in [-0.1, -0.05) is 18.1 Å². The van der Waals surface area contributed by atoms with Crippen LogP contribution in [0.2, 0.25) is 0 Å². The van der Waals surface area contributed by atoms with Gasteiger partial charge < -0.3 is 9.63 Å². The molecule has 0 spiro atoms. The Morgan fingerprint density at radius 2 is 2.16 bits per heavy atom. The minimum Gasteiger partial charge on any atom is -0.379 e. The van der Waals surface area contributed by atoms with Gasteiger partial charge in [-0.05, 0) is 22.4 Å². The number of aliphatic hydroxyl groups is 1. The van der Waals surface area contributed by atoms with Crippen LogP contribution in [-0.2, 0) is 22.0 Å². The number of hydrogen-bond donors (Lipinski definition) is 1. The molecule has 1 atom stereocenters. The highest BCUT2D eigenvalue weighted by Gasteiger charge is 2.47. The van der Waals surface area contributed by atoms with Crippen molar-refractivity contribution in [2.24, 2.45) is 0 Å². The Bertz CT molecular complexity index is 1030. The molecule has 11 heteroatoms. The zero-order valence-corrected chi connectivity index (χ0v) is 14.1. The van der Waals surface area contributed by atoms with Crippen LogP contribution in [0.25, 0.3) is 11.0 Å². The van der Waals surface area contributed by atoms with Crippen LogP contribution in [0.4, 0.5) is 0 Å². The molecular formula is C14H15N5O5S. The highest BCUT2D eigenvalue weighted by atomic mass is 32.2. The van der Waals surface area contributed by atoms with E-state index in [-0.39, 0.29) is 35.8 Å². The molecular weight excluding hydrogens is 350 g/mol. The summed E-state index contributed by atoms with van der Waals surface area (Å²) in [5.41, 5.74) is -1.01. The van der Waals surface area contributed by atoms with Crippen molar-refractivity contribution in [3.63, 3.8) is 0 Å². The van der Waals surface area contributed by atoms with Gasteiger partial charge in [-0.2, -0.15) is 9.29 Å². The van der Waals surface area contributed by atoms with E-state index in [9.17, 15) is 13.5 Å². The molecule has 0 saturated carbocycles. The van der Waals surface area contributed by atoms with Gasteiger partial charge in [0.2, 0.25) is 10.0 Å². The predicted molar refractivity (Wildman–Crippen MR) is 82.8 cm³/mol. The van der Waals surface area contributed by atoms with E-state index in [1.54, 1.807) is 12.1 Å². The summed E-state index contributed by atoms with van der Waals surface area (Å²) >= 11 is 0. The number of rotatable bonds is 4. The quantitative estimate of drug-likeness (QED) is 0.699. The Morgan fingerprint density at radius 3 is 2.92 bits per heavy atom. The number of hydrogen-bond acceptors (Lipinski definition) is 9. The molecule has 0 amide bonds. The van der Waals surface area contributed by atoms with Crippen LogP contribution in [0.5, 0.6) is 0 Å². The molecule has 0 aliphatic carbocycles. The van der Waals surface area contributed by atoms with Crippen LogP contribution >= 0.6 is 0 Å². The van der Waals surface area contributed by atoms with Crippen molar-refractivity contribution in [1.82, 2.24) is 24.8 Å². The van der Waals surface area contributed by atoms with Crippen LogP contribution in [-0.4, -0.2) is 51.4 Å². The van der Waals surface area contributed by atoms with Crippen molar-refractivity contribution in [3.05, 3.63) is 29.9 Å². The number of β-amino-alcohol motifs (C(OH)–C–C–N with tert-alkyl or cyclic N) is 1. The summed E-state index contributed by atoms with van der Waals surface area (Å²) in [7, 11) is -3.89. The van der Waals surface area contributed by atoms with Gasteiger partial charge >= 0.3 is 0 Å². The molecule has 2 aromatic heterocycles. The molecule has 1 aromatic carbocycles. The molecule has 10 nitrogen and oxygen atoms in total. The third-order valence-electron chi connectivity index (χ3n) is 4.26. The van der Waals surface area contributed by atoms with E-state index in [4.69, 9.17) is 4.52 Å². The fourth-order valence-corrected chi connectivity index (χ4v) is 4.48. The summed E-state index contributed by atoms with van der Waals surface area (Å²) in [5.74, 6) is 0.492.